The Hall–Kier alpha value is -1.90. The van der Waals surface area contributed by atoms with Crippen LogP contribution in [0.15, 0.2) is 36.5 Å². The van der Waals surface area contributed by atoms with Gasteiger partial charge >= 0.3 is 0 Å². The van der Waals surface area contributed by atoms with Crippen LogP contribution in [0.4, 0.5) is 0 Å². The second-order valence-electron chi connectivity index (χ2n) is 4.36. The Labute approximate surface area is 107 Å². The first-order valence-corrected chi connectivity index (χ1v) is 6.40. The maximum absolute atomic E-state index is 12.2. The molecule has 0 bridgehead atoms. The Bertz CT molecular complexity index is 542. The van der Waals surface area contributed by atoms with Crippen molar-refractivity contribution in [3.05, 3.63) is 42.1 Å². The van der Waals surface area contributed by atoms with E-state index < -0.39 is 0 Å². The SMILES string of the molecule is CCC(CC)NC(=O)c1cccc2ncccc12. The average molecular weight is 242 g/mol. The number of amides is 1. The molecule has 1 aromatic carbocycles. The summed E-state index contributed by atoms with van der Waals surface area (Å²) in [6.45, 7) is 4.16. The number of fused-ring (bicyclic) bond motifs is 1. The zero-order valence-electron chi connectivity index (χ0n) is 10.8. The smallest absolute Gasteiger partial charge is 0.252 e. The van der Waals surface area contributed by atoms with Gasteiger partial charge in [0.2, 0.25) is 0 Å². The second-order valence-corrected chi connectivity index (χ2v) is 4.36. The minimum atomic E-state index is -0.0118. The monoisotopic (exact) mass is 242 g/mol. The van der Waals surface area contributed by atoms with E-state index >= 15 is 0 Å². The lowest BCUT2D eigenvalue weighted by molar-refractivity contribution is 0.0936. The molecule has 2 rings (SSSR count). The number of benzene rings is 1. The first kappa shape index (κ1) is 12.6. The molecule has 1 aromatic heterocycles. The summed E-state index contributed by atoms with van der Waals surface area (Å²) in [6, 6.07) is 9.67. The van der Waals surface area contributed by atoms with Crippen molar-refractivity contribution in [1.29, 1.82) is 0 Å². The summed E-state index contributed by atoms with van der Waals surface area (Å²) in [5.74, 6) is -0.0118. The highest BCUT2D eigenvalue weighted by Gasteiger charge is 2.13. The highest BCUT2D eigenvalue weighted by atomic mass is 16.1. The van der Waals surface area contributed by atoms with E-state index in [1.807, 2.05) is 30.3 Å². The molecule has 2 aromatic rings. The molecule has 0 atom stereocenters. The molecule has 0 radical (unpaired) electrons. The quantitative estimate of drug-likeness (QED) is 0.894. The van der Waals surface area contributed by atoms with E-state index in [0.717, 1.165) is 23.7 Å². The van der Waals surface area contributed by atoms with E-state index in [2.05, 4.69) is 24.1 Å². The second kappa shape index (κ2) is 5.63. The molecule has 0 saturated carbocycles. The number of carbonyl (C=O) groups is 1. The highest BCUT2D eigenvalue weighted by Crippen LogP contribution is 2.16. The number of rotatable bonds is 4. The van der Waals surface area contributed by atoms with Crippen LogP contribution in [-0.4, -0.2) is 16.9 Å². The minimum Gasteiger partial charge on any atom is -0.349 e. The maximum Gasteiger partial charge on any atom is 0.252 e. The number of nitrogens with one attached hydrogen (secondary N) is 1. The summed E-state index contributed by atoms with van der Waals surface area (Å²) in [4.78, 5) is 16.5. The summed E-state index contributed by atoms with van der Waals surface area (Å²) in [7, 11) is 0. The molecule has 1 N–H and O–H groups in total. The summed E-state index contributed by atoms with van der Waals surface area (Å²) in [5.41, 5.74) is 1.56. The summed E-state index contributed by atoms with van der Waals surface area (Å²) in [6.07, 6.45) is 3.64. The van der Waals surface area contributed by atoms with Gasteiger partial charge in [-0.25, -0.2) is 0 Å². The third-order valence-corrected chi connectivity index (χ3v) is 3.21. The molecule has 0 fully saturated rings. The molecule has 3 heteroatoms. The predicted molar refractivity (Wildman–Crippen MR) is 73.6 cm³/mol. The Balaban J connectivity index is 2.33. The first-order chi connectivity index (χ1) is 8.76. The van der Waals surface area contributed by atoms with E-state index in [0.29, 0.717) is 5.56 Å². The van der Waals surface area contributed by atoms with Crippen LogP contribution >= 0.6 is 0 Å². The molecule has 1 amide bonds. The van der Waals surface area contributed by atoms with Gasteiger partial charge in [0.1, 0.15) is 0 Å². The Kier molecular flexibility index (Phi) is 3.92. The van der Waals surface area contributed by atoms with Crippen LogP contribution in [0.5, 0.6) is 0 Å². The van der Waals surface area contributed by atoms with Gasteiger partial charge in [-0.1, -0.05) is 26.0 Å². The molecule has 0 aliphatic carbocycles. The molecule has 1 heterocycles. The third kappa shape index (κ3) is 2.50. The Morgan fingerprint density at radius 2 is 2.00 bits per heavy atom. The van der Waals surface area contributed by atoms with E-state index in [1.54, 1.807) is 6.20 Å². The molecule has 0 aliphatic rings. The van der Waals surface area contributed by atoms with Gasteiger partial charge in [-0.3, -0.25) is 9.78 Å². The van der Waals surface area contributed by atoms with Crippen molar-refractivity contribution in [3.63, 3.8) is 0 Å². The minimum absolute atomic E-state index is 0.0118. The number of carbonyl (C=O) groups excluding carboxylic acids is 1. The summed E-state index contributed by atoms with van der Waals surface area (Å²) < 4.78 is 0. The molecule has 3 nitrogen and oxygen atoms in total. The standard InChI is InChI=1S/C15H18N2O/c1-3-11(4-2)17-15(18)13-7-5-9-14-12(13)8-6-10-16-14/h5-11H,3-4H2,1-2H3,(H,17,18). The highest BCUT2D eigenvalue weighted by molar-refractivity contribution is 6.06. The molecular weight excluding hydrogens is 224 g/mol. The number of hydrogen-bond donors (Lipinski definition) is 1. The van der Waals surface area contributed by atoms with Crippen LogP contribution in [-0.2, 0) is 0 Å². The zero-order chi connectivity index (χ0) is 13.0. The topological polar surface area (TPSA) is 42.0 Å². The van der Waals surface area contributed by atoms with Gasteiger partial charge in [-0.05, 0) is 31.0 Å². The van der Waals surface area contributed by atoms with Gasteiger partial charge < -0.3 is 5.32 Å². The number of aromatic nitrogens is 1. The zero-order valence-corrected chi connectivity index (χ0v) is 10.8. The van der Waals surface area contributed by atoms with Crippen LogP contribution in [0.1, 0.15) is 37.0 Å². The normalized spacial score (nSPS) is 10.8. The molecule has 0 aliphatic heterocycles. The van der Waals surface area contributed by atoms with E-state index in [-0.39, 0.29) is 11.9 Å². The fourth-order valence-electron chi connectivity index (χ4n) is 2.06. The van der Waals surface area contributed by atoms with E-state index in [1.165, 1.54) is 0 Å². The van der Waals surface area contributed by atoms with Crippen LogP contribution in [0.25, 0.3) is 10.9 Å². The molecular formula is C15H18N2O. The van der Waals surface area contributed by atoms with Crippen molar-refractivity contribution in [2.24, 2.45) is 0 Å². The van der Waals surface area contributed by atoms with Crippen molar-refractivity contribution >= 4 is 16.8 Å². The van der Waals surface area contributed by atoms with Gasteiger partial charge in [0, 0.05) is 23.2 Å². The third-order valence-electron chi connectivity index (χ3n) is 3.21. The van der Waals surface area contributed by atoms with Gasteiger partial charge in [0.05, 0.1) is 5.52 Å². The molecule has 94 valence electrons. The van der Waals surface area contributed by atoms with Crippen molar-refractivity contribution in [3.8, 4) is 0 Å². The van der Waals surface area contributed by atoms with Crippen LogP contribution in [0.2, 0.25) is 0 Å². The van der Waals surface area contributed by atoms with E-state index in [9.17, 15) is 4.79 Å². The largest absolute Gasteiger partial charge is 0.349 e. The fourth-order valence-corrected chi connectivity index (χ4v) is 2.06. The fraction of sp³-hybridized carbons (Fsp3) is 0.333. The molecule has 0 unspecified atom stereocenters. The maximum atomic E-state index is 12.2. The van der Waals surface area contributed by atoms with Gasteiger partial charge in [-0.15, -0.1) is 0 Å². The first-order valence-electron chi connectivity index (χ1n) is 6.40. The van der Waals surface area contributed by atoms with Gasteiger partial charge in [0.25, 0.3) is 5.91 Å². The van der Waals surface area contributed by atoms with Crippen molar-refractivity contribution in [2.75, 3.05) is 0 Å². The summed E-state index contributed by atoms with van der Waals surface area (Å²) >= 11 is 0. The molecule has 18 heavy (non-hydrogen) atoms. The van der Waals surface area contributed by atoms with Crippen LogP contribution in [0.3, 0.4) is 0 Å². The van der Waals surface area contributed by atoms with E-state index in [4.69, 9.17) is 0 Å². The number of nitrogens with zero attached hydrogens (tertiary/aromatic N) is 1. The summed E-state index contributed by atoms with van der Waals surface area (Å²) in [5, 5.41) is 3.96. The Morgan fingerprint density at radius 3 is 2.72 bits per heavy atom. The molecule has 0 spiro atoms. The van der Waals surface area contributed by atoms with Crippen LogP contribution in [0, 0.1) is 0 Å². The van der Waals surface area contributed by atoms with Crippen molar-refractivity contribution < 1.29 is 4.79 Å². The lowest BCUT2D eigenvalue weighted by Crippen LogP contribution is -2.33. The predicted octanol–water partition coefficient (Wildman–Crippen LogP) is 3.15. The van der Waals surface area contributed by atoms with Crippen LogP contribution < -0.4 is 5.32 Å². The lowest BCUT2D eigenvalue weighted by atomic mass is 10.1. The Morgan fingerprint density at radius 1 is 1.22 bits per heavy atom. The average Bonchev–Trinajstić information content (AvgIpc) is 2.43. The van der Waals surface area contributed by atoms with Crippen molar-refractivity contribution in [2.45, 2.75) is 32.7 Å². The van der Waals surface area contributed by atoms with Gasteiger partial charge in [-0.2, -0.15) is 0 Å². The number of hydrogen-bond acceptors (Lipinski definition) is 2. The lowest BCUT2D eigenvalue weighted by Gasteiger charge is -2.15. The number of pyridine rings is 1. The molecule has 0 saturated heterocycles. The van der Waals surface area contributed by atoms with Gasteiger partial charge in [0.15, 0.2) is 0 Å². The van der Waals surface area contributed by atoms with Crippen molar-refractivity contribution in [1.82, 2.24) is 10.3 Å².